The average Bonchev–Trinajstić information content (AvgIpc) is 3.64. The number of likely N-dealkylation sites (tertiary alicyclic amines) is 3. The molecule has 4 aliphatic heterocycles. The number of nitrogens with zero attached hydrogens (tertiary/aromatic N) is 9. The van der Waals surface area contributed by atoms with Crippen LogP contribution >= 0.6 is 0 Å². The van der Waals surface area contributed by atoms with Crippen molar-refractivity contribution >= 4 is 11.7 Å². The largest absolute Gasteiger partial charge is 0.434 e. The molecule has 2 saturated carbocycles. The highest BCUT2D eigenvalue weighted by molar-refractivity contribution is 5.75. The maximum absolute atomic E-state index is 14.6. The van der Waals surface area contributed by atoms with Crippen LogP contribution in [0.25, 0.3) is 11.1 Å². The maximum Gasteiger partial charge on any atom is 0.282 e. The van der Waals surface area contributed by atoms with E-state index in [9.17, 15) is 9.18 Å². The van der Waals surface area contributed by atoms with Gasteiger partial charge in [0, 0.05) is 93.5 Å². The molecule has 0 bridgehead atoms. The third-order valence-electron chi connectivity index (χ3n) is 12.9. The van der Waals surface area contributed by atoms with Crippen LogP contribution < -0.4 is 9.64 Å². The number of anilines is 1. The Balaban J connectivity index is 0.851. The van der Waals surface area contributed by atoms with Crippen LogP contribution in [-0.4, -0.2) is 109 Å². The first-order valence-electron chi connectivity index (χ1n) is 18.7. The molecule has 0 unspecified atom stereocenters. The molecule has 2 aromatic heterocycles. The molecule has 0 radical (unpaired) electrons. The molecule has 2 aliphatic carbocycles. The smallest absolute Gasteiger partial charge is 0.282 e. The fourth-order valence-electron chi connectivity index (χ4n) is 10.2. The van der Waals surface area contributed by atoms with Crippen LogP contribution in [0.5, 0.6) is 11.6 Å². The quantitative estimate of drug-likeness (QED) is 0.301. The Morgan fingerprint density at radius 1 is 0.980 bits per heavy atom. The fraction of sp³-hybridized carbons (Fsp3) is 0.632. The first kappa shape index (κ1) is 32.2. The molecule has 1 aromatic carbocycles. The summed E-state index contributed by atoms with van der Waals surface area (Å²) in [7, 11) is 0. The van der Waals surface area contributed by atoms with Gasteiger partial charge >= 0.3 is 0 Å². The number of benzene rings is 1. The van der Waals surface area contributed by atoms with E-state index < -0.39 is 0 Å². The molecule has 4 saturated heterocycles. The van der Waals surface area contributed by atoms with Gasteiger partial charge in [0.05, 0.1) is 11.2 Å². The van der Waals surface area contributed by atoms with Gasteiger partial charge in [-0.25, -0.2) is 19.3 Å². The minimum Gasteiger partial charge on any atom is -0.434 e. The van der Waals surface area contributed by atoms with E-state index in [1.807, 2.05) is 0 Å². The van der Waals surface area contributed by atoms with Crippen molar-refractivity contribution in [1.29, 1.82) is 0 Å². The van der Waals surface area contributed by atoms with Crippen molar-refractivity contribution < 1.29 is 13.9 Å². The van der Waals surface area contributed by atoms with Crippen molar-refractivity contribution in [3.63, 3.8) is 0 Å². The SMILES string of the molecule is CC(=O)N1CC[C@]12CCN(C1CC([C@@H](C(C)C)N3CC4(CCN(c5ncnnc5Oc5ccc(F)cc5-c5cncnc5C5CC5)C4)C3)C1)C2. The summed E-state index contributed by atoms with van der Waals surface area (Å²) in [6.07, 6.45) is 12.9. The Labute approximate surface area is 293 Å². The van der Waals surface area contributed by atoms with Gasteiger partial charge in [-0.2, -0.15) is 0 Å². The normalized spacial score (nSPS) is 28.2. The lowest BCUT2D eigenvalue weighted by atomic mass is 9.68. The zero-order chi connectivity index (χ0) is 34.2. The number of ether oxygens (including phenoxy) is 1. The predicted octanol–water partition coefficient (Wildman–Crippen LogP) is 5.15. The maximum atomic E-state index is 14.6. The summed E-state index contributed by atoms with van der Waals surface area (Å²) >= 11 is 0. The standard InChI is InChI=1S/C38H48FN9O2/c1-24(2)34(27-14-29(15-27)45-12-9-38(21-45)10-13-48(38)25(3)49)47-19-37(20-47)8-11-46(18-37)35-36(44-43-23-42-35)50-32-7-6-28(39)16-30(32)31-17-40-22-41-33(31)26-4-5-26/h6-7,16-17,22-24,26-27,29,34H,4-5,8-15,18-21H2,1-3H3/t27?,29?,34-,38+/m1/s1. The summed E-state index contributed by atoms with van der Waals surface area (Å²) in [4.78, 5) is 35.5. The first-order valence-corrected chi connectivity index (χ1v) is 18.7. The van der Waals surface area contributed by atoms with Crippen LogP contribution in [0.3, 0.4) is 0 Å². The summed E-state index contributed by atoms with van der Waals surface area (Å²) in [5.74, 6) is 3.09. The van der Waals surface area contributed by atoms with Gasteiger partial charge in [-0.15, -0.1) is 10.2 Å². The summed E-state index contributed by atoms with van der Waals surface area (Å²) in [5.41, 5.74) is 2.67. The van der Waals surface area contributed by atoms with E-state index >= 15 is 0 Å². The van der Waals surface area contributed by atoms with Gasteiger partial charge in [-0.05, 0) is 75.0 Å². The van der Waals surface area contributed by atoms with Gasteiger partial charge < -0.3 is 14.5 Å². The molecule has 9 rings (SSSR count). The monoisotopic (exact) mass is 681 g/mol. The summed E-state index contributed by atoms with van der Waals surface area (Å²) in [5, 5.41) is 8.45. The molecule has 3 aromatic rings. The highest BCUT2D eigenvalue weighted by Crippen LogP contribution is 2.50. The molecule has 2 spiro atoms. The lowest BCUT2D eigenvalue weighted by Gasteiger charge is -2.58. The van der Waals surface area contributed by atoms with Crippen molar-refractivity contribution in [2.45, 2.75) is 89.3 Å². The van der Waals surface area contributed by atoms with E-state index in [1.165, 1.54) is 31.3 Å². The number of carbonyl (C=O) groups excluding carboxylic acids is 1. The number of hydrogen-bond acceptors (Lipinski definition) is 10. The van der Waals surface area contributed by atoms with Gasteiger partial charge in [-0.1, -0.05) is 13.8 Å². The van der Waals surface area contributed by atoms with E-state index in [4.69, 9.17) is 4.74 Å². The highest BCUT2D eigenvalue weighted by atomic mass is 19.1. The molecular weight excluding hydrogens is 633 g/mol. The molecule has 50 heavy (non-hydrogen) atoms. The van der Waals surface area contributed by atoms with Gasteiger partial charge in [0.15, 0.2) is 5.82 Å². The number of amides is 1. The van der Waals surface area contributed by atoms with E-state index in [0.717, 1.165) is 95.1 Å². The van der Waals surface area contributed by atoms with E-state index in [2.05, 4.69) is 58.6 Å². The van der Waals surface area contributed by atoms with Crippen molar-refractivity contribution in [3.8, 4) is 22.8 Å². The number of aromatic nitrogens is 5. The zero-order valence-electron chi connectivity index (χ0n) is 29.5. The third kappa shape index (κ3) is 5.53. The van der Waals surface area contributed by atoms with E-state index in [0.29, 0.717) is 46.9 Å². The van der Waals surface area contributed by atoms with E-state index in [-0.39, 0.29) is 22.7 Å². The molecule has 0 N–H and O–H groups in total. The Bertz CT molecular complexity index is 1770. The number of rotatable bonds is 9. The molecule has 12 heteroatoms. The second-order valence-electron chi connectivity index (χ2n) is 16.5. The van der Waals surface area contributed by atoms with Crippen LogP contribution in [-0.2, 0) is 4.79 Å². The minimum absolute atomic E-state index is 0.119. The molecule has 6 fully saturated rings. The topological polar surface area (TPSA) is 104 Å². The molecule has 11 nitrogen and oxygen atoms in total. The summed E-state index contributed by atoms with van der Waals surface area (Å²) in [6.45, 7) is 13.6. The van der Waals surface area contributed by atoms with Gasteiger partial charge in [-0.3, -0.25) is 14.6 Å². The number of hydrogen-bond donors (Lipinski definition) is 0. The Kier molecular flexibility index (Phi) is 7.83. The van der Waals surface area contributed by atoms with Crippen LogP contribution in [0.15, 0.2) is 37.1 Å². The van der Waals surface area contributed by atoms with Crippen LogP contribution in [0, 0.1) is 23.1 Å². The second-order valence-corrected chi connectivity index (χ2v) is 16.5. The Hall–Kier alpha value is -3.77. The van der Waals surface area contributed by atoms with Crippen molar-refractivity contribution in [1.82, 2.24) is 39.8 Å². The van der Waals surface area contributed by atoms with Gasteiger partial charge in [0.25, 0.3) is 5.88 Å². The Morgan fingerprint density at radius 2 is 1.80 bits per heavy atom. The third-order valence-corrected chi connectivity index (χ3v) is 12.9. The fourth-order valence-corrected chi connectivity index (χ4v) is 10.2. The second kappa shape index (κ2) is 12.2. The van der Waals surface area contributed by atoms with Crippen molar-refractivity contribution in [3.05, 3.63) is 48.6 Å². The number of carbonyl (C=O) groups is 1. The van der Waals surface area contributed by atoms with Gasteiger partial charge in [0.1, 0.15) is 24.2 Å². The van der Waals surface area contributed by atoms with Crippen LogP contribution in [0.1, 0.15) is 77.3 Å². The lowest BCUT2D eigenvalue weighted by Crippen LogP contribution is -2.66. The molecule has 2 atom stereocenters. The van der Waals surface area contributed by atoms with Gasteiger partial charge in [0.2, 0.25) is 5.91 Å². The van der Waals surface area contributed by atoms with Crippen LogP contribution in [0.2, 0.25) is 0 Å². The first-order chi connectivity index (χ1) is 24.2. The zero-order valence-corrected chi connectivity index (χ0v) is 29.5. The van der Waals surface area contributed by atoms with Crippen molar-refractivity contribution in [2.24, 2.45) is 17.3 Å². The molecule has 6 aliphatic rings. The minimum atomic E-state index is -0.345. The summed E-state index contributed by atoms with van der Waals surface area (Å²) in [6, 6.07) is 5.80. The highest BCUT2D eigenvalue weighted by Gasteiger charge is 2.56. The molecular formula is C38H48FN9O2. The predicted molar refractivity (Wildman–Crippen MR) is 186 cm³/mol. The molecule has 1 amide bonds. The Morgan fingerprint density at radius 3 is 2.54 bits per heavy atom. The lowest BCUT2D eigenvalue weighted by molar-refractivity contribution is -0.144. The summed E-state index contributed by atoms with van der Waals surface area (Å²) < 4.78 is 21.0. The average molecular weight is 682 g/mol. The van der Waals surface area contributed by atoms with Crippen LogP contribution in [0.4, 0.5) is 10.2 Å². The van der Waals surface area contributed by atoms with E-state index in [1.54, 1.807) is 25.5 Å². The number of halogens is 1. The van der Waals surface area contributed by atoms with Crippen molar-refractivity contribution in [2.75, 3.05) is 50.7 Å². The molecule has 264 valence electrons. The molecule has 6 heterocycles.